The zero-order chi connectivity index (χ0) is 26.7. The Kier molecular flexibility index (Phi) is 8.68. The van der Waals surface area contributed by atoms with Crippen molar-refractivity contribution in [1.29, 1.82) is 0 Å². The number of carbonyl (C=O) groups is 1. The van der Waals surface area contributed by atoms with Gasteiger partial charge < -0.3 is 19.6 Å². The lowest BCUT2D eigenvalue weighted by Crippen LogP contribution is -2.47. The van der Waals surface area contributed by atoms with Crippen LogP contribution in [0.5, 0.6) is 5.75 Å². The topological polar surface area (TPSA) is 99.2 Å². The summed E-state index contributed by atoms with van der Waals surface area (Å²) in [5.74, 6) is 1.20. The van der Waals surface area contributed by atoms with Crippen molar-refractivity contribution in [2.75, 3.05) is 38.0 Å². The van der Waals surface area contributed by atoms with E-state index in [1.807, 2.05) is 6.92 Å². The fourth-order valence-corrected chi connectivity index (χ4v) is 5.84. The Labute approximate surface area is 224 Å². The first-order valence-corrected chi connectivity index (χ1v) is 14.6. The van der Waals surface area contributed by atoms with Crippen LogP contribution < -0.4 is 9.46 Å². The normalized spacial score (nSPS) is 21.5. The van der Waals surface area contributed by atoms with Gasteiger partial charge in [-0.2, -0.15) is 0 Å². The Morgan fingerprint density at radius 2 is 1.89 bits per heavy atom. The molecule has 4 rings (SSSR count). The maximum atomic E-state index is 13.4. The van der Waals surface area contributed by atoms with Gasteiger partial charge in [0.1, 0.15) is 11.9 Å². The van der Waals surface area contributed by atoms with Crippen LogP contribution >= 0.6 is 11.6 Å². The quantitative estimate of drug-likeness (QED) is 0.495. The Bertz CT molecular complexity index is 1200. The minimum atomic E-state index is -3.85. The molecule has 2 N–H and O–H groups in total. The summed E-state index contributed by atoms with van der Waals surface area (Å²) in [5.41, 5.74) is 0.932. The van der Waals surface area contributed by atoms with Gasteiger partial charge in [-0.15, -0.1) is 0 Å². The van der Waals surface area contributed by atoms with Crippen LogP contribution in [0.4, 0.5) is 5.69 Å². The fourth-order valence-electron chi connectivity index (χ4n) is 4.66. The SMILES string of the molecule is C[C@H]1CN([C@@H](C)CO)C(=O)Cc2cc(NS(=O)(=O)c3ccc(Cl)cc3)ccc2O[C@@H]1CN(C)CC1CC1. The van der Waals surface area contributed by atoms with Gasteiger partial charge in [0.05, 0.1) is 24.0 Å². The number of halogens is 1. The van der Waals surface area contributed by atoms with Gasteiger partial charge in [-0.3, -0.25) is 9.52 Å². The molecule has 0 radical (unpaired) electrons. The molecule has 2 aliphatic rings. The van der Waals surface area contributed by atoms with E-state index in [9.17, 15) is 18.3 Å². The van der Waals surface area contributed by atoms with E-state index in [1.54, 1.807) is 23.1 Å². The number of rotatable bonds is 9. The number of hydrogen-bond donors (Lipinski definition) is 2. The average Bonchev–Trinajstić information content (AvgIpc) is 3.65. The van der Waals surface area contributed by atoms with Crippen LogP contribution in [0.2, 0.25) is 5.02 Å². The van der Waals surface area contributed by atoms with Crippen molar-refractivity contribution >= 4 is 33.2 Å². The Morgan fingerprint density at radius 3 is 2.54 bits per heavy atom. The molecule has 2 aromatic rings. The first kappa shape index (κ1) is 27.7. The number of nitrogens with zero attached hydrogens (tertiary/aromatic N) is 2. The van der Waals surface area contributed by atoms with Crippen LogP contribution in [0, 0.1) is 11.8 Å². The van der Waals surface area contributed by atoms with Crippen molar-refractivity contribution in [2.24, 2.45) is 11.8 Å². The van der Waals surface area contributed by atoms with Gasteiger partial charge in [-0.25, -0.2) is 8.42 Å². The van der Waals surface area contributed by atoms with Crippen LogP contribution in [-0.4, -0.2) is 74.7 Å². The lowest BCUT2D eigenvalue weighted by molar-refractivity contribution is -0.134. The Balaban J connectivity index is 1.63. The van der Waals surface area contributed by atoms with E-state index in [0.29, 0.717) is 35.1 Å². The lowest BCUT2D eigenvalue weighted by Gasteiger charge is -2.34. The van der Waals surface area contributed by atoms with E-state index in [2.05, 4.69) is 23.6 Å². The highest BCUT2D eigenvalue weighted by Gasteiger charge is 2.32. The van der Waals surface area contributed by atoms with Crippen molar-refractivity contribution in [2.45, 2.75) is 50.2 Å². The Morgan fingerprint density at radius 1 is 1.19 bits per heavy atom. The largest absolute Gasteiger partial charge is 0.488 e. The van der Waals surface area contributed by atoms with Crippen LogP contribution in [0.15, 0.2) is 47.4 Å². The molecule has 8 nitrogen and oxygen atoms in total. The predicted octanol–water partition coefficient (Wildman–Crippen LogP) is 3.63. The van der Waals surface area contributed by atoms with Crippen LogP contribution in [0.1, 0.15) is 32.3 Å². The van der Waals surface area contributed by atoms with E-state index >= 15 is 0 Å². The smallest absolute Gasteiger partial charge is 0.261 e. The number of ether oxygens (including phenoxy) is 1. The lowest BCUT2D eigenvalue weighted by atomic mass is 10.0. The third-order valence-corrected chi connectivity index (χ3v) is 8.70. The molecular weight excluding hydrogens is 514 g/mol. The summed E-state index contributed by atoms with van der Waals surface area (Å²) in [6.07, 6.45) is 2.38. The van der Waals surface area contributed by atoms with Crippen molar-refractivity contribution in [3.8, 4) is 5.75 Å². The minimum Gasteiger partial charge on any atom is -0.488 e. The Hall–Kier alpha value is -2.33. The van der Waals surface area contributed by atoms with Gasteiger partial charge >= 0.3 is 0 Å². The predicted molar refractivity (Wildman–Crippen MR) is 144 cm³/mol. The molecule has 3 atom stereocenters. The number of benzene rings is 2. The van der Waals surface area contributed by atoms with E-state index in [-0.39, 0.29) is 41.9 Å². The highest BCUT2D eigenvalue weighted by Crippen LogP contribution is 2.32. The van der Waals surface area contributed by atoms with Gasteiger partial charge in [0.25, 0.3) is 10.0 Å². The molecule has 1 heterocycles. The molecule has 0 bridgehead atoms. The summed E-state index contributed by atoms with van der Waals surface area (Å²) in [5, 5.41) is 10.3. The standard InChI is InChI=1S/C27H36ClN3O5S/c1-18-14-31(19(2)17-32)27(33)13-21-12-23(29-37(34,35)24-9-6-22(28)7-10-24)8-11-25(21)36-26(18)16-30(3)15-20-4-5-20/h6-12,18-20,26,29,32H,4-5,13-17H2,1-3H3/t18-,19-,26+/m0/s1. The maximum Gasteiger partial charge on any atom is 0.261 e. The molecule has 0 saturated heterocycles. The molecule has 1 amide bonds. The summed E-state index contributed by atoms with van der Waals surface area (Å²) in [6.45, 7) is 5.94. The summed E-state index contributed by atoms with van der Waals surface area (Å²) >= 11 is 5.90. The summed E-state index contributed by atoms with van der Waals surface area (Å²) in [6, 6.07) is 10.6. The second-order valence-corrected chi connectivity index (χ2v) is 12.6. The van der Waals surface area contributed by atoms with E-state index in [0.717, 1.165) is 12.5 Å². The number of aliphatic hydroxyl groups excluding tert-OH is 1. The maximum absolute atomic E-state index is 13.4. The zero-order valence-corrected chi connectivity index (χ0v) is 23.1. The molecule has 1 fully saturated rings. The molecule has 1 aliphatic carbocycles. The molecule has 0 aromatic heterocycles. The number of likely N-dealkylation sites (N-methyl/N-ethyl adjacent to an activating group) is 1. The second kappa shape index (κ2) is 11.6. The molecule has 10 heteroatoms. The van der Waals surface area contributed by atoms with Gasteiger partial charge in [0, 0.05) is 41.8 Å². The number of carbonyl (C=O) groups excluding carboxylic acids is 1. The minimum absolute atomic E-state index is 0.0219. The van der Waals surface area contributed by atoms with Crippen molar-refractivity contribution in [1.82, 2.24) is 9.80 Å². The highest BCUT2D eigenvalue weighted by atomic mass is 35.5. The third kappa shape index (κ3) is 7.16. The zero-order valence-electron chi connectivity index (χ0n) is 21.6. The van der Waals surface area contributed by atoms with Crippen molar-refractivity contribution in [3.63, 3.8) is 0 Å². The molecule has 1 aliphatic heterocycles. The van der Waals surface area contributed by atoms with Crippen molar-refractivity contribution < 1.29 is 23.1 Å². The number of amides is 1. The molecule has 0 unspecified atom stereocenters. The van der Waals surface area contributed by atoms with Crippen LogP contribution in [0.3, 0.4) is 0 Å². The molecule has 37 heavy (non-hydrogen) atoms. The van der Waals surface area contributed by atoms with E-state index in [1.165, 1.54) is 37.1 Å². The molecule has 1 saturated carbocycles. The first-order chi connectivity index (χ1) is 17.6. The van der Waals surface area contributed by atoms with Crippen LogP contribution in [0.25, 0.3) is 0 Å². The van der Waals surface area contributed by atoms with Crippen LogP contribution in [-0.2, 0) is 21.2 Å². The number of aliphatic hydroxyl groups is 1. The van der Waals surface area contributed by atoms with Gasteiger partial charge in [0.15, 0.2) is 0 Å². The van der Waals surface area contributed by atoms with E-state index in [4.69, 9.17) is 16.3 Å². The monoisotopic (exact) mass is 549 g/mol. The molecule has 2 aromatic carbocycles. The molecular formula is C27H36ClN3O5S. The fraction of sp³-hybridized carbons (Fsp3) is 0.519. The van der Waals surface area contributed by atoms with Crippen molar-refractivity contribution in [3.05, 3.63) is 53.1 Å². The van der Waals surface area contributed by atoms with E-state index < -0.39 is 10.0 Å². The summed E-state index contributed by atoms with van der Waals surface area (Å²) in [7, 11) is -1.75. The highest BCUT2D eigenvalue weighted by molar-refractivity contribution is 7.92. The molecule has 0 spiro atoms. The number of anilines is 1. The summed E-state index contributed by atoms with van der Waals surface area (Å²) in [4.78, 5) is 17.4. The second-order valence-electron chi connectivity index (χ2n) is 10.4. The number of fused-ring (bicyclic) bond motifs is 1. The number of nitrogens with one attached hydrogen (secondary N) is 1. The third-order valence-electron chi connectivity index (χ3n) is 7.05. The number of hydrogen-bond acceptors (Lipinski definition) is 6. The number of sulfonamides is 1. The molecule has 202 valence electrons. The average molecular weight is 550 g/mol. The van der Waals surface area contributed by atoms with Gasteiger partial charge in [-0.05, 0) is 75.2 Å². The first-order valence-electron chi connectivity index (χ1n) is 12.7. The summed E-state index contributed by atoms with van der Waals surface area (Å²) < 4.78 is 35.0. The van der Waals surface area contributed by atoms with Gasteiger partial charge in [0.2, 0.25) is 5.91 Å². The van der Waals surface area contributed by atoms with Gasteiger partial charge in [-0.1, -0.05) is 18.5 Å².